The van der Waals surface area contributed by atoms with Crippen molar-refractivity contribution in [1.29, 1.82) is 0 Å². The normalized spacial score (nSPS) is 15.9. The molecular formula is C25H27ClN4O2S. The molecule has 2 heterocycles. The SMILES string of the molecule is CC(C)(C)C1=CSC(NC(=O)Cc2cn(Cc3ccccc3C(N)=O)c3ccc(Cl)cc23)N1. The first-order chi connectivity index (χ1) is 15.6. The monoisotopic (exact) mass is 482 g/mol. The quantitative estimate of drug-likeness (QED) is 0.478. The molecule has 1 aliphatic heterocycles. The average Bonchev–Trinajstić information content (AvgIpc) is 3.33. The van der Waals surface area contributed by atoms with Gasteiger partial charge in [-0.15, -0.1) is 0 Å². The number of rotatable bonds is 6. The van der Waals surface area contributed by atoms with E-state index in [0.29, 0.717) is 17.1 Å². The predicted octanol–water partition coefficient (Wildman–Crippen LogP) is 4.61. The number of benzene rings is 2. The Morgan fingerprint density at radius 1 is 1.18 bits per heavy atom. The van der Waals surface area contributed by atoms with Gasteiger partial charge in [-0.2, -0.15) is 0 Å². The van der Waals surface area contributed by atoms with Crippen molar-refractivity contribution in [3.8, 4) is 0 Å². The number of nitrogens with two attached hydrogens (primary N) is 1. The van der Waals surface area contributed by atoms with E-state index >= 15 is 0 Å². The van der Waals surface area contributed by atoms with E-state index in [-0.39, 0.29) is 23.2 Å². The first-order valence-corrected chi connectivity index (χ1v) is 12.0. The van der Waals surface area contributed by atoms with Crippen LogP contribution >= 0.6 is 23.4 Å². The van der Waals surface area contributed by atoms with Crippen LogP contribution in [-0.4, -0.2) is 21.9 Å². The standard InChI is InChI=1S/C25H27ClN4O2S/c1-25(2,3)21-14-33-24(28-21)29-22(31)10-16-13-30(20-9-8-17(26)11-19(16)20)12-15-6-4-5-7-18(15)23(27)32/h4-9,11,13-14,24,28H,10,12H2,1-3H3,(H2,27,32)(H,29,31). The lowest BCUT2D eigenvalue weighted by atomic mass is 9.93. The number of hydrogen-bond donors (Lipinski definition) is 3. The number of carbonyl (C=O) groups excluding carboxylic acids is 2. The van der Waals surface area contributed by atoms with Gasteiger partial charge in [0.25, 0.3) is 0 Å². The van der Waals surface area contributed by atoms with Crippen LogP contribution in [0.25, 0.3) is 10.9 Å². The fourth-order valence-electron chi connectivity index (χ4n) is 3.88. The fraction of sp³-hybridized carbons (Fsp3) is 0.280. The minimum Gasteiger partial charge on any atom is -0.366 e. The molecule has 0 aliphatic carbocycles. The Morgan fingerprint density at radius 3 is 2.64 bits per heavy atom. The summed E-state index contributed by atoms with van der Waals surface area (Å²) in [6, 6.07) is 12.9. The molecule has 1 unspecified atom stereocenters. The third-order valence-electron chi connectivity index (χ3n) is 5.61. The van der Waals surface area contributed by atoms with Crippen molar-refractivity contribution in [1.82, 2.24) is 15.2 Å². The van der Waals surface area contributed by atoms with Gasteiger partial charge < -0.3 is 20.9 Å². The van der Waals surface area contributed by atoms with Crippen molar-refractivity contribution in [2.45, 2.75) is 39.2 Å². The number of hydrogen-bond acceptors (Lipinski definition) is 4. The lowest BCUT2D eigenvalue weighted by Crippen LogP contribution is -2.42. The maximum atomic E-state index is 12.9. The van der Waals surface area contributed by atoms with Gasteiger partial charge in [0.2, 0.25) is 11.8 Å². The van der Waals surface area contributed by atoms with Crippen LogP contribution in [-0.2, 0) is 17.8 Å². The lowest BCUT2D eigenvalue weighted by Gasteiger charge is -2.23. The largest absolute Gasteiger partial charge is 0.366 e. The highest BCUT2D eigenvalue weighted by molar-refractivity contribution is 8.02. The molecule has 8 heteroatoms. The molecule has 4 rings (SSSR count). The number of allylic oxidation sites excluding steroid dienone is 1. The highest BCUT2D eigenvalue weighted by Crippen LogP contribution is 2.32. The molecule has 0 fully saturated rings. The zero-order valence-corrected chi connectivity index (χ0v) is 20.4. The number of halogens is 1. The van der Waals surface area contributed by atoms with Crippen LogP contribution in [0.1, 0.15) is 42.3 Å². The number of thioether (sulfide) groups is 1. The van der Waals surface area contributed by atoms with Gasteiger partial charge in [0, 0.05) is 45.3 Å². The molecule has 0 saturated carbocycles. The molecule has 2 amide bonds. The van der Waals surface area contributed by atoms with Crippen LogP contribution in [0.4, 0.5) is 0 Å². The maximum absolute atomic E-state index is 12.9. The van der Waals surface area contributed by atoms with Gasteiger partial charge in [0.15, 0.2) is 5.50 Å². The molecule has 0 radical (unpaired) electrons. The molecule has 1 aliphatic rings. The zero-order valence-electron chi connectivity index (χ0n) is 18.8. The summed E-state index contributed by atoms with van der Waals surface area (Å²) >= 11 is 7.83. The van der Waals surface area contributed by atoms with Crippen molar-refractivity contribution in [3.63, 3.8) is 0 Å². The highest BCUT2D eigenvalue weighted by Gasteiger charge is 2.26. The van der Waals surface area contributed by atoms with E-state index in [0.717, 1.165) is 27.7 Å². The van der Waals surface area contributed by atoms with Crippen molar-refractivity contribution >= 4 is 46.1 Å². The molecule has 1 aromatic heterocycles. The number of fused-ring (bicyclic) bond motifs is 1. The summed E-state index contributed by atoms with van der Waals surface area (Å²) in [7, 11) is 0. The van der Waals surface area contributed by atoms with Crippen molar-refractivity contribution in [3.05, 3.63) is 81.5 Å². The van der Waals surface area contributed by atoms with E-state index in [1.165, 1.54) is 0 Å². The van der Waals surface area contributed by atoms with Crippen LogP contribution < -0.4 is 16.4 Å². The van der Waals surface area contributed by atoms with Crippen LogP contribution in [0, 0.1) is 5.41 Å². The number of nitrogens with zero attached hydrogens (tertiary/aromatic N) is 1. The summed E-state index contributed by atoms with van der Waals surface area (Å²) in [5, 5.41) is 10.00. The van der Waals surface area contributed by atoms with Crippen LogP contribution in [0.5, 0.6) is 0 Å². The molecule has 1 atom stereocenters. The Balaban J connectivity index is 1.56. The predicted molar refractivity (Wildman–Crippen MR) is 135 cm³/mol. The van der Waals surface area contributed by atoms with E-state index in [9.17, 15) is 9.59 Å². The van der Waals surface area contributed by atoms with Gasteiger partial charge in [0.05, 0.1) is 6.42 Å². The summed E-state index contributed by atoms with van der Waals surface area (Å²) in [5.74, 6) is -0.547. The number of aromatic nitrogens is 1. The van der Waals surface area contributed by atoms with Gasteiger partial charge in [-0.3, -0.25) is 9.59 Å². The number of carbonyl (C=O) groups is 2. The van der Waals surface area contributed by atoms with Gasteiger partial charge in [-0.1, -0.05) is 62.3 Å². The topological polar surface area (TPSA) is 89.2 Å². The first kappa shape index (κ1) is 23.3. The van der Waals surface area contributed by atoms with Gasteiger partial charge >= 0.3 is 0 Å². The molecule has 0 saturated heterocycles. The Morgan fingerprint density at radius 2 is 1.94 bits per heavy atom. The van der Waals surface area contributed by atoms with Crippen LogP contribution in [0.3, 0.4) is 0 Å². The summed E-state index contributed by atoms with van der Waals surface area (Å²) in [4.78, 5) is 24.7. The molecule has 33 heavy (non-hydrogen) atoms. The molecule has 3 aromatic rings. The Kier molecular flexibility index (Phi) is 6.45. The van der Waals surface area contributed by atoms with E-state index in [4.69, 9.17) is 17.3 Å². The van der Waals surface area contributed by atoms with E-state index < -0.39 is 5.91 Å². The number of amides is 2. The van der Waals surface area contributed by atoms with Gasteiger partial charge in [-0.25, -0.2) is 0 Å². The molecule has 4 N–H and O–H groups in total. The second kappa shape index (κ2) is 9.15. The summed E-state index contributed by atoms with van der Waals surface area (Å²) in [6.45, 7) is 6.85. The molecule has 2 aromatic carbocycles. The third-order valence-corrected chi connectivity index (χ3v) is 6.72. The van der Waals surface area contributed by atoms with Crippen LogP contribution in [0.2, 0.25) is 5.02 Å². The maximum Gasteiger partial charge on any atom is 0.249 e. The van der Waals surface area contributed by atoms with Gasteiger partial charge in [0.1, 0.15) is 0 Å². The Hall–Kier alpha value is -2.90. The minimum absolute atomic E-state index is 0.00213. The van der Waals surface area contributed by atoms with Gasteiger partial charge in [-0.05, 0) is 40.8 Å². The van der Waals surface area contributed by atoms with E-state index in [1.54, 1.807) is 23.9 Å². The summed E-state index contributed by atoms with van der Waals surface area (Å²) in [6.07, 6.45) is 2.16. The summed E-state index contributed by atoms with van der Waals surface area (Å²) in [5.41, 5.74) is 9.58. The smallest absolute Gasteiger partial charge is 0.249 e. The van der Waals surface area contributed by atoms with E-state index in [2.05, 4.69) is 36.8 Å². The third kappa shape index (κ3) is 5.20. The number of primary amides is 1. The molecule has 6 nitrogen and oxygen atoms in total. The average molecular weight is 483 g/mol. The number of nitrogens with one attached hydrogen (secondary N) is 2. The second-order valence-electron chi connectivity index (χ2n) is 9.15. The molecule has 0 bridgehead atoms. The Labute approximate surface area is 202 Å². The minimum atomic E-state index is -0.463. The lowest BCUT2D eigenvalue weighted by molar-refractivity contribution is -0.120. The van der Waals surface area contributed by atoms with Crippen molar-refractivity contribution in [2.75, 3.05) is 0 Å². The van der Waals surface area contributed by atoms with Crippen molar-refractivity contribution < 1.29 is 9.59 Å². The molecule has 0 spiro atoms. The second-order valence-corrected chi connectivity index (χ2v) is 10.6. The highest BCUT2D eigenvalue weighted by atomic mass is 35.5. The van der Waals surface area contributed by atoms with Crippen LogP contribution in [0.15, 0.2) is 59.8 Å². The molecular weight excluding hydrogens is 456 g/mol. The fourth-order valence-corrected chi connectivity index (χ4v) is 5.14. The van der Waals surface area contributed by atoms with Crippen molar-refractivity contribution in [2.24, 2.45) is 11.1 Å². The zero-order chi connectivity index (χ0) is 23.8. The molecule has 172 valence electrons. The summed E-state index contributed by atoms with van der Waals surface area (Å²) < 4.78 is 2.03. The first-order valence-electron chi connectivity index (χ1n) is 10.7. The Bertz CT molecular complexity index is 1260. The van der Waals surface area contributed by atoms with E-state index in [1.807, 2.05) is 41.1 Å².